The quantitative estimate of drug-likeness (QED) is 0.678. The fourth-order valence-corrected chi connectivity index (χ4v) is 3.65. The molecule has 8 nitrogen and oxygen atoms in total. The third-order valence-electron chi connectivity index (χ3n) is 4.03. The molecule has 0 saturated heterocycles. The minimum absolute atomic E-state index is 0.102. The van der Waals surface area contributed by atoms with E-state index in [2.05, 4.69) is 15.4 Å². The highest BCUT2D eigenvalue weighted by Crippen LogP contribution is 2.41. The molecule has 0 atom stereocenters. The molecule has 4 rings (SSSR count). The molecule has 0 radical (unpaired) electrons. The summed E-state index contributed by atoms with van der Waals surface area (Å²) in [6, 6.07) is 7.68. The number of benzene rings is 1. The van der Waals surface area contributed by atoms with E-state index in [1.54, 1.807) is 24.3 Å². The van der Waals surface area contributed by atoms with E-state index < -0.39 is 5.97 Å². The molecule has 0 spiro atoms. The molecule has 1 saturated carbocycles. The van der Waals surface area contributed by atoms with Crippen molar-refractivity contribution in [1.29, 1.82) is 0 Å². The number of aromatic nitrogens is 3. The molecule has 2 heterocycles. The topological polar surface area (TPSA) is 103 Å². The van der Waals surface area contributed by atoms with Gasteiger partial charge < -0.3 is 10.1 Å². The number of carbonyl (C=O) groups is 2. The van der Waals surface area contributed by atoms with Gasteiger partial charge >= 0.3 is 5.97 Å². The van der Waals surface area contributed by atoms with Crippen molar-refractivity contribution in [3.05, 3.63) is 57.0 Å². The third kappa shape index (κ3) is 3.87. The Balaban J connectivity index is 1.45. The lowest BCUT2D eigenvalue weighted by Crippen LogP contribution is -2.16. The zero-order valence-electron chi connectivity index (χ0n) is 14.5. The second-order valence-corrected chi connectivity index (χ2v) is 7.32. The number of esters is 1. The number of anilines is 1. The van der Waals surface area contributed by atoms with Crippen LogP contribution in [-0.4, -0.2) is 26.5 Å². The lowest BCUT2D eigenvalue weighted by molar-refractivity contribution is -0.114. The minimum atomic E-state index is -0.533. The van der Waals surface area contributed by atoms with Crippen molar-refractivity contribution in [2.75, 3.05) is 5.32 Å². The Hall–Kier alpha value is -3.07. The lowest BCUT2D eigenvalue weighted by atomic mass is 10.2. The maximum absolute atomic E-state index is 12.2. The second kappa shape index (κ2) is 6.92. The van der Waals surface area contributed by atoms with Gasteiger partial charge in [0.25, 0.3) is 5.56 Å². The van der Waals surface area contributed by atoms with Crippen molar-refractivity contribution >= 4 is 33.9 Å². The Morgan fingerprint density at radius 2 is 2.04 bits per heavy atom. The molecule has 1 aliphatic carbocycles. The number of hydrogen-bond donors (Lipinski definition) is 1. The number of ether oxygens (including phenoxy) is 1. The van der Waals surface area contributed by atoms with Gasteiger partial charge in [0.2, 0.25) is 10.9 Å². The van der Waals surface area contributed by atoms with Crippen LogP contribution in [0.5, 0.6) is 0 Å². The largest absolute Gasteiger partial charge is 0.456 e. The average Bonchev–Trinajstić information content (AvgIpc) is 3.39. The molecule has 27 heavy (non-hydrogen) atoms. The van der Waals surface area contributed by atoms with Crippen LogP contribution in [0, 0.1) is 0 Å². The van der Waals surface area contributed by atoms with Crippen molar-refractivity contribution in [2.24, 2.45) is 0 Å². The van der Waals surface area contributed by atoms with Crippen LogP contribution in [0.2, 0.25) is 0 Å². The average molecular weight is 384 g/mol. The van der Waals surface area contributed by atoms with Gasteiger partial charge in [-0.15, -0.1) is 0 Å². The van der Waals surface area contributed by atoms with Crippen molar-refractivity contribution < 1.29 is 14.3 Å². The molecular weight excluding hydrogens is 368 g/mol. The number of nitrogens with one attached hydrogen (secondary N) is 1. The van der Waals surface area contributed by atoms with Crippen LogP contribution in [0.3, 0.4) is 0 Å². The van der Waals surface area contributed by atoms with Crippen molar-refractivity contribution in [3.63, 3.8) is 0 Å². The summed E-state index contributed by atoms with van der Waals surface area (Å²) in [6.07, 6.45) is 2.19. The van der Waals surface area contributed by atoms with Crippen LogP contribution >= 0.6 is 11.3 Å². The van der Waals surface area contributed by atoms with Crippen LogP contribution in [0.15, 0.2) is 35.1 Å². The van der Waals surface area contributed by atoms with Gasteiger partial charge in [-0.1, -0.05) is 11.3 Å². The molecule has 138 valence electrons. The van der Waals surface area contributed by atoms with E-state index in [0.29, 0.717) is 27.8 Å². The zero-order valence-corrected chi connectivity index (χ0v) is 15.3. The van der Waals surface area contributed by atoms with Gasteiger partial charge in [-0.05, 0) is 37.1 Å². The summed E-state index contributed by atoms with van der Waals surface area (Å²) in [5.41, 5.74) is 1.04. The molecule has 0 unspecified atom stereocenters. The van der Waals surface area contributed by atoms with Gasteiger partial charge in [0.05, 0.1) is 11.3 Å². The summed E-state index contributed by atoms with van der Waals surface area (Å²) in [5, 5.41) is 7.86. The standard InChI is InChI=1S/C18H16N4O4S/c1-10(23)19-13-6-4-12(5-7-13)17(25)26-9-14-8-15(24)22-18(20-14)27-16(21-22)11-2-3-11/h4-8,11H,2-3,9H2,1H3,(H,19,23). The highest BCUT2D eigenvalue weighted by atomic mass is 32.1. The maximum Gasteiger partial charge on any atom is 0.338 e. The van der Waals surface area contributed by atoms with Crippen molar-refractivity contribution in [1.82, 2.24) is 14.6 Å². The maximum atomic E-state index is 12.2. The Morgan fingerprint density at radius 1 is 1.30 bits per heavy atom. The molecule has 1 aromatic carbocycles. The van der Waals surface area contributed by atoms with Crippen LogP contribution in [0.25, 0.3) is 4.96 Å². The first-order valence-corrected chi connectivity index (χ1v) is 9.26. The van der Waals surface area contributed by atoms with Crippen LogP contribution in [-0.2, 0) is 16.1 Å². The minimum Gasteiger partial charge on any atom is -0.456 e. The third-order valence-corrected chi connectivity index (χ3v) is 5.10. The number of rotatable bonds is 5. The molecule has 9 heteroatoms. The van der Waals surface area contributed by atoms with E-state index in [9.17, 15) is 14.4 Å². The summed E-state index contributed by atoms with van der Waals surface area (Å²) in [4.78, 5) is 40.3. The van der Waals surface area contributed by atoms with Crippen molar-refractivity contribution in [3.8, 4) is 0 Å². The summed E-state index contributed by atoms with van der Waals surface area (Å²) >= 11 is 1.40. The van der Waals surface area contributed by atoms with E-state index in [1.807, 2.05) is 0 Å². The summed E-state index contributed by atoms with van der Waals surface area (Å²) in [5.74, 6) is -0.279. The first-order valence-electron chi connectivity index (χ1n) is 8.44. The highest BCUT2D eigenvalue weighted by molar-refractivity contribution is 7.16. The smallest absolute Gasteiger partial charge is 0.338 e. The highest BCUT2D eigenvalue weighted by Gasteiger charge is 2.28. The Morgan fingerprint density at radius 3 is 2.70 bits per heavy atom. The van der Waals surface area contributed by atoms with Crippen molar-refractivity contribution in [2.45, 2.75) is 32.3 Å². The Kier molecular flexibility index (Phi) is 4.44. The van der Waals surface area contributed by atoms with E-state index in [-0.39, 0.29) is 18.1 Å². The molecule has 0 aliphatic heterocycles. The Labute approximate surface area is 157 Å². The number of hydrogen-bond acceptors (Lipinski definition) is 7. The molecular formula is C18H16N4O4S. The monoisotopic (exact) mass is 384 g/mol. The molecule has 0 bridgehead atoms. The zero-order chi connectivity index (χ0) is 19.0. The van der Waals surface area contributed by atoms with Gasteiger partial charge in [-0.25, -0.2) is 9.78 Å². The second-order valence-electron chi connectivity index (χ2n) is 6.33. The molecule has 1 N–H and O–H groups in total. The summed E-state index contributed by atoms with van der Waals surface area (Å²) in [7, 11) is 0. The number of amides is 1. The van der Waals surface area contributed by atoms with Crippen LogP contribution in [0.4, 0.5) is 5.69 Å². The molecule has 2 aromatic heterocycles. The fraction of sp³-hybridized carbons (Fsp3) is 0.278. The molecule has 1 fully saturated rings. The van der Waals surface area contributed by atoms with Crippen LogP contribution in [0.1, 0.15) is 46.7 Å². The lowest BCUT2D eigenvalue weighted by Gasteiger charge is -2.06. The summed E-state index contributed by atoms with van der Waals surface area (Å²) in [6.45, 7) is 1.31. The number of carbonyl (C=O) groups excluding carboxylic acids is 2. The van der Waals surface area contributed by atoms with E-state index in [1.165, 1.54) is 28.8 Å². The van der Waals surface area contributed by atoms with Gasteiger partial charge in [-0.2, -0.15) is 9.61 Å². The van der Waals surface area contributed by atoms with E-state index in [4.69, 9.17) is 4.74 Å². The molecule has 1 aliphatic rings. The van der Waals surface area contributed by atoms with E-state index in [0.717, 1.165) is 17.8 Å². The first kappa shape index (κ1) is 17.3. The van der Waals surface area contributed by atoms with Gasteiger partial charge in [0.1, 0.15) is 11.6 Å². The van der Waals surface area contributed by atoms with Gasteiger partial charge in [0.15, 0.2) is 0 Å². The normalized spacial score (nSPS) is 13.5. The predicted octanol–water partition coefficient (Wildman–Crippen LogP) is 2.34. The van der Waals surface area contributed by atoms with Gasteiger partial charge in [-0.3, -0.25) is 9.59 Å². The SMILES string of the molecule is CC(=O)Nc1ccc(C(=O)OCc2cc(=O)n3nc(C4CC4)sc3n2)cc1. The number of nitrogens with zero attached hydrogens (tertiary/aromatic N) is 3. The van der Waals surface area contributed by atoms with Gasteiger partial charge in [0, 0.05) is 24.6 Å². The van der Waals surface area contributed by atoms with Crippen LogP contribution < -0.4 is 10.9 Å². The Bertz CT molecular complexity index is 1080. The predicted molar refractivity (Wildman–Crippen MR) is 99.0 cm³/mol. The first-order chi connectivity index (χ1) is 13.0. The molecule has 1 amide bonds. The molecule has 3 aromatic rings. The number of fused-ring (bicyclic) bond motifs is 1. The summed E-state index contributed by atoms with van der Waals surface area (Å²) < 4.78 is 6.55. The fourth-order valence-electron chi connectivity index (χ4n) is 2.56. The van der Waals surface area contributed by atoms with E-state index >= 15 is 0 Å².